The van der Waals surface area contributed by atoms with Crippen LogP contribution in [0.4, 0.5) is 18.9 Å². The van der Waals surface area contributed by atoms with Gasteiger partial charge in [-0.3, -0.25) is 4.72 Å². The van der Waals surface area contributed by atoms with Gasteiger partial charge in [0.25, 0.3) is 10.0 Å². The molecule has 2 aromatic heterocycles. The molecule has 1 atom stereocenters. The first kappa shape index (κ1) is 25.5. The third-order valence-electron chi connectivity index (χ3n) is 5.35. The number of nitrogens with one attached hydrogen (secondary N) is 2. The van der Waals surface area contributed by atoms with Crippen LogP contribution in [0, 0.1) is 17.5 Å². The quantitative estimate of drug-likeness (QED) is 0.297. The molecule has 4 aromatic rings. The number of anilines is 1. The lowest BCUT2D eigenvalue weighted by molar-refractivity contribution is 0.130. The summed E-state index contributed by atoms with van der Waals surface area (Å²) in [6, 6.07) is 7.71. The van der Waals surface area contributed by atoms with Crippen LogP contribution in [-0.2, 0) is 19.5 Å². The second-order valence-electron chi connectivity index (χ2n) is 7.65. The molecule has 0 radical (unpaired) electrons. The van der Waals surface area contributed by atoms with Gasteiger partial charge in [0.05, 0.1) is 29.0 Å². The number of hydrogen-bond donors (Lipinski definition) is 2. The number of hydrogen-bond acceptors (Lipinski definition) is 6. The highest BCUT2D eigenvalue weighted by Gasteiger charge is 2.28. The van der Waals surface area contributed by atoms with Gasteiger partial charge in [-0.05, 0) is 36.4 Å². The number of methoxy groups -OCH3 is 2. The average molecular weight is 522 g/mol. The third kappa shape index (κ3) is 5.15. The number of ether oxygens (including phenoxy) is 3. The molecule has 4 rings (SSSR count). The lowest BCUT2D eigenvalue weighted by Crippen LogP contribution is -2.16. The van der Waals surface area contributed by atoms with E-state index in [9.17, 15) is 17.2 Å². The molecule has 0 aliphatic carbocycles. The summed E-state index contributed by atoms with van der Waals surface area (Å²) < 4.78 is 87.5. The minimum Gasteiger partial charge on any atom is -0.490 e. The monoisotopic (exact) mass is 521 g/mol. The number of nitrogens with zero attached hydrogens (tertiary/aromatic N) is 1. The maximum absolute atomic E-state index is 15.6. The molecule has 8 nitrogen and oxygen atoms in total. The number of benzene rings is 2. The predicted octanol–water partition coefficient (Wildman–Crippen LogP) is 4.54. The van der Waals surface area contributed by atoms with Gasteiger partial charge >= 0.3 is 0 Å². The van der Waals surface area contributed by atoms with Crippen molar-refractivity contribution in [3.63, 3.8) is 0 Å². The normalized spacial score (nSPS) is 12.6. The summed E-state index contributed by atoms with van der Waals surface area (Å²) in [4.78, 5) is 6.76. The Morgan fingerprint density at radius 1 is 1.08 bits per heavy atom. The van der Waals surface area contributed by atoms with E-state index in [1.54, 1.807) is 6.07 Å². The summed E-state index contributed by atoms with van der Waals surface area (Å²) in [6.07, 6.45) is 1.71. The Labute approximate surface area is 205 Å². The van der Waals surface area contributed by atoms with E-state index in [-0.39, 0.29) is 6.61 Å². The van der Waals surface area contributed by atoms with E-state index in [2.05, 4.69) is 14.7 Å². The molecule has 0 bridgehead atoms. The van der Waals surface area contributed by atoms with Crippen molar-refractivity contribution in [1.29, 1.82) is 0 Å². The SMILES string of the molecule is COCCOc1cnc2[nH]cc(C(OC)c3c(F)ccc(NS(=O)(=O)c4cccc(F)c4)c3F)c2c1. The van der Waals surface area contributed by atoms with Crippen LogP contribution >= 0.6 is 0 Å². The molecule has 0 amide bonds. The first-order chi connectivity index (χ1) is 17.2. The lowest BCUT2D eigenvalue weighted by Gasteiger charge is -2.19. The lowest BCUT2D eigenvalue weighted by atomic mass is 9.99. The van der Waals surface area contributed by atoms with Gasteiger partial charge in [-0.15, -0.1) is 0 Å². The van der Waals surface area contributed by atoms with Gasteiger partial charge < -0.3 is 19.2 Å². The van der Waals surface area contributed by atoms with Crippen molar-refractivity contribution >= 4 is 26.7 Å². The molecule has 2 aromatic carbocycles. The third-order valence-corrected chi connectivity index (χ3v) is 6.71. The highest BCUT2D eigenvalue weighted by atomic mass is 32.2. The van der Waals surface area contributed by atoms with Gasteiger partial charge in [0, 0.05) is 31.4 Å². The van der Waals surface area contributed by atoms with Crippen LogP contribution in [-0.4, -0.2) is 45.8 Å². The summed E-state index contributed by atoms with van der Waals surface area (Å²) >= 11 is 0. The van der Waals surface area contributed by atoms with Crippen molar-refractivity contribution in [2.24, 2.45) is 0 Å². The van der Waals surface area contributed by atoms with Gasteiger partial charge in [0.15, 0.2) is 5.82 Å². The summed E-state index contributed by atoms with van der Waals surface area (Å²) in [5.74, 6) is -2.51. The van der Waals surface area contributed by atoms with Crippen molar-refractivity contribution in [1.82, 2.24) is 9.97 Å². The molecule has 36 heavy (non-hydrogen) atoms. The first-order valence-corrected chi connectivity index (χ1v) is 12.1. The molecule has 0 spiro atoms. The van der Waals surface area contributed by atoms with Crippen LogP contribution in [0.25, 0.3) is 11.0 Å². The summed E-state index contributed by atoms with van der Waals surface area (Å²) in [5.41, 5.74) is -0.280. The van der Waals surface area contributed by atoms with E-state index in [1.165, 1.54) is 32.7 Å². The average Bonchev–Trinajstić information content (AvgIpc) is 3.27. The second-order valence-corrected chi connectivity index (χ2v) is 9.34. The molecule has 0 aliphatic heterocycles. The molecular weight excluding hydrogens is 499 g/mol. The van der Waals surface area contributed by atoms with Gasteiger partial charge in [0.2, 0.25) is 0 Å². The summed E-state index contributed by atoms with van der Waals surface area (Å²) in [5, 5.41) is 0.487. The van der Waals surface area contributed by atoms with E-state index in [0.29, 0.717) is 29.0 Å². The highest BCUT2D eigenvalue weighted by molar-refractivity contribution is 7.92. The summed E-state index contributed by atoms with van der Waals surface area (Å²) in [7, 11) is -1.56. The van der Waals surface area contributed by atoms with Gasteiger partial charge in [-0.1, -0.05) is 6.07 Å². The Morgan fingerprint density at radius 3 is 2.61 bits per heavy atom. The first-order valence-electron chi connectivity index (χ1n) is 10.6. The maximum atomic E-state index is 15.6. The Kier molecular flexibility index (Phi) is 7.48. The fourth-order valence-corrected chi connectivity index (χ4v) is 4.76. The standard InChI is InChI=1S/C24H22F3N3O5S/c1-33-8-9-35-15-11-17-18(13-29-24(17)28-12-15)23(34-2)21-19(26)6-7-20(22(21)27)30-36(31,32)16-5-3-4-14(25)10-16/h3-7,10-13,23,30H,8-9H2,1-2H3,(H,28,29). The van der Waals surface area contributed by atoms with Crippen molar-refractivity contribution in [3.8, 4) is 5.75 Å². The zero-order valence-corrected chi connectivity index (χ0v) is 20.0. The minimum absolute atomic E-state index is 0.272. The molecule has 0 fully saturated rings. The van der Waals surface area contributed by atoms with Crippen LogP contribution in [0.3, 0.4) is 0 Å². The zero-order valence-electron chi connectivity index (χ0n) is 19.2. The second kappa shape index (κ2) is 10.6. The summed E-state index contributed by atoms with van der Waals surface area (Å²) in [6.45, 7) is 0.626. The van der Waals surface area contributed by atoms with E-state index < -0.39 is 49.7 Å². The number of halogens is 3. The van der Waals surface area contributed by atoms with E-state index in [1.807, 2.05) is 0 Å². The fourth-order valence-electron chi connectivity index (χ4n) is 3.67. The number of fused-ring (bicyclic) bond motifs is 1. The molecule has 190 valence electrons. The molecule has 0 aliphatic rings. The Bertz CT molecular complexity index is 1490. The number of aromatic amines is 1. The molecular formula is C24H22F3N3O5S. The maximum Gasteiger partial charge on any atom is 0.262 e. The van der Waals surface area contributed by atoms with Crippen LogP contribution in [0.1, 0.15) is 17.2 Å². The molecule has 2 N–H and O–H groups in total. The number of H-pyrrole nitrogens is 1. The van der Waals surface area contributed by atoms with Gasteiger partial charge in [-0.2, -0.15) is 0 Å². The topological polar surface area (TPSA) is 103 Å². The zero-order chi connectivity index (χ0) is 25.9. The van der Waals surface area contributed by atoms with Crippen LogP contribution in [0.2, 0.25) is 0 Å². The predicted molar refractivity (Wildman–Crippen MR) is 126 cm³/mol. The van der Waals surface area contributed by atoms with Crippen molar-refractivity contribution < 1.29 is 35.8 Å². The van der Waals surface area contributed by atoms with Gasteiger partial charge in [0.1, 0.15) is 35.7 Å². The van der Waals surface area contributed by atoms with Crippen LogP contribution in [0.15, 0.2) is 59.8 Å². The smallest absolute Gasteiger partial charge is 0.262 e. The molecule has 12 heteroatoms. The molecule has 0 saturated heterocycles. The van der Waals surface area contributed by atoms with Gasteiger partial charge in [-0.25, -0.2) is 26.6 Å². The van der Waals surface area contributed by atoms with Crippen molar-refractivity contribution in [2.75, 3.05) is 32.2 Å². The molecule has 2 heterocycles. The van der Waals surface area contributed by atoms with E-state index in [0.717, 1.165) is 30.3 Å². The van der Waals surface area contributed by atoms with Crippen LogP contribution < -0.4 is 9.46 Å². The largest absolute Gasteiger partial charge is 0.490 e. The van der Waals surface area contributed by atoms with E-state index in [4.69, 9.17) is 14.2 Å². The van der Waals surface area contributed by atoms with Crippen molar-refractivity contribution in [2.45, 2.75) is 11.0 Å². The molecule has 0 saturated carbocycles. The number of pyridine rings is 1. The Hall–Kier alpha value is -3.61. The minimum atomic E-state index is -4.36. The van der Waals surface area contributed by atoms with Crippen molar-refractivity contribution in [3.05, 3.63) is 83.4 Å². The highest BCUT2D eigenvalue weighted by Crippen LogP contribution is 2.37. The Morgan fingerprint density at radius 2 is 1.89 bits per heavy atom. The number of sulfonamides is 1. The molecule has 1 unspecified atom stereocenters. The fraction of sp³-hybridized carbons (Fsp3) is 0.208. The van der Waals surface area contributed by atoms with Crippen LogP contribution in [0.5, 0.6) is 5.75 Å². The van der Waals surface area contributed by atoms with E-state index >= 15 is 4.39 Å². The number of rotatable bonds is 10. The Balaban J connectivity index is 1.73. The number of aromatic nitrogens is 2.